The molecule has 0 saturated heterocycles. The van der Waals surface area contributed by atoms with Crippen molar-refractivity contribution >= 4 is 17.4 Å². The highest BCUT2D eigenvalue weighted by molar-refractivity contribution is 5.89. The Morgan fingerprint density at radius 1 is 1.29 bits per heavy atom. The van der Waals surface area contributed by atoms with Gasteiger partial charge < -0.3 is 15.2 Å². The number of aryl methyl sites for hydroxylation is 1. The third-order valence-electron chi connectivity index (χ3n) is 3.91. The van der Waals surface area contributed by atoms with Crippen LogP contribution in [-0.2, 0) is 19.5 Å². The quantitative estimate of drug-likeness (QED) is 0.659. The number of carbonyl (C=O) groups is 1. The van der Waals surface area contributed by atoms with E-state index in [0.29, 0.717) is 5.69 Å². The fourth-order valence-electron chi connectivity index (χ4n) is 2.71. The van der Waals surface area contributed by atoms with Crippen molar-refractivity contribution in [3.05, 3.63) is 46.0 Å². The molecule has 2 heterocycles. The fraction of sp³-hybridized carbons (Fsp3) is 0.400. The van der Waals surface area contributed by atoms with Crippen molar-refractivity contribution in [1.82, 2.24) is 20.1 Å². The van der Waals surface area contributed by atoms with Crippen molar-refractivity contribution in [2.45, 2.75) is 38.8 Å². The average molecular weight is 330 g/mol. The molecule has 0 fully saturated rings. The number of fused-ring (bicyclic) bond motifs is 1. The van der Waals surface area contributed by atoms with E-state index in [1.54, 1.807) is 6.07 Å². The number of nitrogens with zero attached hydrogens (tertiary/aromatic N) is 4. The molecule has 0 unspecified atom stereocenters. The van der Waals surface area contributed by atoms with Crippen molar-refractivity contribution in [2.75, 3.05) is 5.32 Å². The highest BCUT2D eigenvalue weighted by atomic mass is 16.6. The van der Waals surface area contributed by atoms with Gasteiger partial charge in [-0.15, -0.1) is 10.2 Å². The molecule has 0 bridgehead atoms. The van der Waals surface area contributed by atoms with Gasteiger partial charge in [0, 0.05) is 30.8 Å². The lowest BCUT2D eigenvalue weighted by atomic mass is 10.2. The summed E-state index contributed by atoms with van der Waals surface area (Å²) in [6.45, 7) is 1.12. The van der Waals surface area contributed by atoms with Gasteiger partial charge in [0.1, 0.15) is 5.82 Å². The summed E-state index contributed by atoms with van der Waals surface area (Å²) >= 11 is 0. The summed E-state index contributed by atoms with van der Waals surface area (Å²) < 4.78 is 2.06. The molecule has 1 aliphatic rings. The first-order chi connectivity index (χ1) is 11.6. The van der Waals surface area contributed by atoms with Crippen molar-refractivity contribution in [2.24, 2.45) is 0 Å². The number of anilines is 1. The number of nitrogens with one attached hydrogen (secondary N) is 2. The number of carbonyl (C=O) groups excluding carboxylic acids is 1. The summed E-state index contributed by atoms with van der Waals surface area (Å²) in [6, 6.07) is 5.35. The molecule has 0 saturated carbocycles. The molecule has 24 heavy (non-hydrogen) atoms. The Labute approximate surface area is 138 Å². The molecule has 126 valence electrons. The molecule has 1 aromatic carbocycles. The Morgan fingerprint density at radius 2 is 2.17 bits per heavy atom. The lowest BCUT2D eigenvalue weighted by molar-refractivity contribution is -0.384. The maximum Gasteiger partial charge on any atom is 0.319 e. The number of nitro groups is 1. The molecule has 2 aromatic rings. The normalized spacial score (nSPS) is 13.7. The van der Waals surface area contributed by atoms with E-state index in [1.165, 1.54) is 24.6 Å². The molecule has 2 N–H and O–H groups in total. The number of non-ortho nitro benzene ring substituents is 1. The number of hydrogen-bond acceptors (Lipinski definition) is 5. The van der Waals surface area contributed by atoms with E-state index in [-0.39, 0.29) is 12.2 Å². The van der Waals surface area contributed by atoms with Gasteiger partial charge in [-0.05, 0) is 18.9 Å². The maximum atomic E-state index is 12.0. The van der Waals surface area contributed by atoms with Crippen LogP contribution in [0.15, 0.2) is 24.3 Å². The highest BCUT2D eigenvalue weighted by Crippen LogP contribution is 2.17. The number of nitro benzene ring substituents is 1. The van der Waals surface area contributed by atoms with Crippen molar-refractivity contribution in [3.8, 4) is 0 Å². The maximum absolute atomic E-state index is 12.0. The van der Waals surface area contributed by atoms with Crippen LogP contribution >= 0.6 is 0 Å². The van der Waals surface area contributed by atoms with Gasteiger partial charge in [0.2, 0.25) is 0 Å². The van der Waals surface area contributed by atoms with E-state index < -0.39 is 11.0 Å². The van der Waals surface area contributed by atoms with Gasteiger partial charge in [-0.3, -0.25) is 10.1 Å². The smallest absolute Gasteiger partial charge is 0.319 e. The molecule has 3 rings (SSSR count). The predicted octanol–water partition coefficient (Wildman–Crippen LogP) is 2.23. The van der Waals surface area contributed by atoms with Crippen LogP contribution in [0.4, 0.5) is 16.2 Å². The van der Waals surface area contributed by atoms with Gasteiger partial charge in [-0.1, -0.05) is 12.5 Å². The second-order valence-electron chi connectivity index (χ2n) is 5.61. The summed E-state index contributed by atoms with van der Waals surface area (Å²) in [5, 5.41) is 24.3. The summed E-state index contributed by atoms with van der Waals surface area (Å²) in [5.41, 5.74) is 0.289. The lowest BCUT2D eigenvalue weighted by Gasteiger charge is -2.09. The third kappa shape index (κ3) is 3.67. The average Bonchev–Trinajstić information content (AvgIpc) is 2.80. The van der Waals surface area contributed by atoms with Gasteiger partial charge in [0.25, 0.3) is 5.69 Å². The van der Waals surface area contributed by atoms with Crippen LogP contribution in [0.1, 0.15) is 30.9 Å². The first-order valence-corrected chi connectivity index (χ1v) is 7.84. The van der Waals surface area contributed by atoms with E-state index in [2.05, 4.69) is 25.4 Å². The number of rotatable bonds is 4. The Hall–Kier alpha value is -2.97. The summed E-state index contributed by atoms with van der Waals surface area (Å²) in [4.78, 5) is 22.2. The largest absolute Gasteiger partial charge is 0.331 e. The van der Waals surface area contributed by atoms with Crippen molar-refractivity contribution in [1.29, 1.82) is 0 Å². The van der Waals surface area contributed by atoms with Crippen molar-refractivity contribution < 1.29 is 9.72 Å². The molecule has 0 spiro atoms. The molecular formula is C15H18N6O3. The zero-order valence-corrected chi connectivity index (χ0v) is 13.1. The topological polar surface area (TPSA) is 115 Å². The van der Waals surface area contributed by atoms with Crippen LogP contribution in [0, 0.1) is 10.1 Å². The molecular weight excluding hydrogens is 312 g/mol. The predicted molar refractivity (Wildman–Crippen MR) is 86.5 cm³/mol. The van der Waals surface area contributed by atoms with E-state index >= 15 is 0 Å². The Kier molecular flexibility index (Phi) is 4.69. The Balaban J connectivity index is 1.59. The molecule has 2 amide bonds. The zero-order valence-electron chi connectivity index (χ0n) is 13.1. The van der Waals surface area contributed by atoms with Crippen LogP contribution < -0.4 is 10.6 Å². The number of amides is 2. The lowest BCUT2D eigenvalue weighted by Crippen LogP contribution is -2.29. The van der Waals surface area contributed by atoms with E-state index in [1.807, 2.05) is 0 Å². The van der Waals surface area contributed by atoms with E-state index in [0.717, 1.165) is 37.5 Å². The molecule has 0 aliphatic carbocycles. The third-order valence-corrected chi connectivity index (χ3v) is 3.91. The first kappa shape index (κ1) is 15.9. The number of hydrogen-bond donors (Lipinski definition) is 2. The minimum Gasteiger partial charge on any atom is -0.331 e. The molecule has 9 nitrogen and oxygen atoms in total. The van der Waals surface area contributed by atoms with Gasteiger partial charge >= 0.3 is 6.03 Å². The van der Waals surface area contributed by atoms with Crippen LogP contribution in [-0.4, -0.2) is 25.7 Å². The number of benzene rings is 1. The van der Waals surface area contributed by atoms with Gasteiger partial charge in [0.15, 0.2) is 5.82 Å². The molecule has 1 aliphatic heterocycles. The summed E-state index contributed by atoms with van der Waals surface area (Å²) in [5.74, 6) is 1.68. The molecule has 0 atom stereocenters. The van der Waals surface area contributed by atoms with E-state index in [9.17, 15) is 14.9 Å². The first-order valence-electron chi connectivity index (χ1n) is 7.84. The monoisotopic (exact) mass is 330 g/mol. The van der Waals surface area contributed by atoms with Crippen LogP contribution in [0.25, 0.3) is 0 Å². The summed E-state index contributed by atoms with van der Waals surface area (Å²) in [6.07, 6.45) is 4.27. The standard InChI is InChI=1S/C15H18N6O3/c22-15(17-11-5-4-6-12(9-11)21(23)24)16-10-14-19-18-13-7-2-1-3-8-20(13)14/h4-6,9H,1-3,7-8,10H2,(H2,16,17,22). The summed E-state index contributed by atoms with van der Waals surface area (Å²) in [7, 11) is 0. The second-order valence-corrected chi connectivity index (χ2v) is 5.61. The molecule has 9 heteroatoms. The van der Waals surface area contributed by atoms with Gasteiger partial charge in [0.05, 0.1) is 11.5 Å². The van der Waals surface area contributed by atoms with Gasteiger partial charge in [-0.2, -0.15) is 0 Å². The number of aromatic nitrogens is 3. The Morgan fingerprint density at radius 3 is 3.00 bits per heavy atom. The van der Waals surface area contributed by atoms with E-state index in [4.69, 9.17) is 0 Å². The highest BCUT2D eigenvalue weighted by Gasteiger charge is 2.15. The number of urea groups is 1. The van der Waals surface area contributed by atoms with Crippen LogP contribution in [0.2, 0.25) is 0 Å². The molecule has 1 aromatic heterocycles. The minimum atomic E-state index is -0.505. The van der Waals surface area contributed by atoms with Crippen LogP contribution in [0.3, 0.4) is 0 Å². The fourth-order valence-corrected chi connectivity index (χ4v) is 2.71. The SMILES string of the molecule is O=C(NCc1nnc2n1CCCCC2)Nc1cccc([N+](=O)[O-])c1. The van der Waals surface area contributed by atoms with Gasteiger partial charge in [-0.25, -0.2) is 4.79 Å². The second kappa shape index (κ2) is 7.07. The van der Waals surface area contributed by atoms with Crippen molar-refractivity contribution in [3.63, 3.8) is 0 Å². The molecule has 0 radical (unpaired) electrons. The Bertz CT molecular complexity index is 757. The minimum absolute atomic E-state index is 0.0735. The zero-order chi connectivity index (χ0) is 16.9. The van der Waals surface area contributed by atoms with Crippen LogP contribution in [0.5, 0.6) is 0 Å².